The standard InChI is InChI=1S/C17H15BrClNO/c1-17(11-18)14-4-2-3-5-15(14)20-16(21-17)13-8-6-12(10-19)7-9-13/h2-9H,10-11H2,1H3. The van der Waals surface area contributed by atoms with Crippen LogP contribution >= 0.6 is 27.5 Å². The number of ether oxygens (including phenoxy) is 1. The van der Waals surface area contributed by atoms with Crippen LogP contribution in [0.2, 0.25) is 0 Å². The molecular formula is C17H15BrClNO. The number of rotatable bonds is 3. The normalized spacial score (nSPS) is 20.4. The summed E-state index contributed by atoms with van der Waals surface area (Å²) in [6.45, 7) is 2.07. The summed E-state index contributed by atoms with van der Waals surface area (Å²) in [5.74, 6) is 1.16. The number of benzene rings is 2. The van der Waals surface area contributed by atoms with Crippen molar-refractivity contribution in [3.8, 4) is 0 Å². The number of halogens is 2. The van der Waals surface area contributed by atoms with Gasteiger partial charge >= 0.3 is 0 Å². The van der Waals surface area contributed by atoms with Crippen LogP contribution in [0.25, 0.3) is 0 Å². The lowest BCUT2D eigenvalue weighted by atomic mass is 9.94. The third-order valence-electron chi connectivity index (χ3n) is 3.63. The van der Waals surface area contributed by atoms with Crippen molar-refractivity contribution in [3.05, 3.63) is 65.2 Å². The zero-order valence-electron chi connectivity index (χ0n) is 11.6. The minimum absolute atomic E-state index is 0.418. The molecule has 2 aromatic carbocycles. The molecule has 4 heteroatoms. The molecule has 0 spiro atoms. The van der Waals surface area contributed by atoms with Crippen molar-refractivity contribution in [2.75, 3.05) is 5.33 Å². The fourth-order valence-electron chi connectivity index (χ4n) is 2.38. The number of hydrogen-bond donors (Lipinski definition) is 0. The second-order valence-corrected chi connectivity index (χ2v) is 6.06. The predicted molar refractivity (Wildman–Crippen MR) is 90.9 cm³/mol. The van der Waals surface area contributed by atoms with Gasteiger partial charge in [-0.05, 0) is 30.7 Å². The monoisotopic (exact) mass is 363 g/mol. The minimum Gasteiger partial charge on any atom is -0.465 e. The summed E-state index contributed by atoms with van der Waals surface area (Å²) in [5, 5.41) is 0.704. The molecule has 0 aliphatic carbocycles. The van der Waals surface area contributed by atoms with E-state index in [1.165, 1.54) is 0 Å². The molecule has 1 unspecified atom stereocenters. The van der Waals surface area contributed by atoms with Crippen molar-refractivity contribution in [2.45, 2.75) is 18.4 Å². The fraction of sp³-hybridized carbons (Fsp3) is 0.235. The number of alkyl halides is 2. The van der Waals surface area contributed by atoms with Crippen molar-refractivity contribution < 1.29 is 4.74 Å². The Labute approximate surface area is 137 Å². The molecule has 1 aliphatic heterocycles. The Bertz CT molecular complexity index is 683. The Morgan fingerprint density at radius 2 is 1.86 bits per heavy atom. The third kappa shape index (κ3) is 2.72. The van der Waals surface area contributed by atoms with E-state index < -0.39 is 5.60 Å². The second kappa shape index (κ2) is 5.82. The highest BCUT2D eigenvalue weighted by molar-refractivity contribution is 9.09. The number of hydrogen-bond acceptors (Lipinski definition) is 2. The Hall–Kier alpha value is -1.32. The lowest BCUT2D eigenvalue weighted by Crippen LogP contribution is -2.33. The lowest BCUT2D eigenvalue weighted by molar-refractivity contribution is 0.0980. The number of para-hydroxylation sites is 1. The van der Waals surface area contributed by atoms with E-state index in [9.17, 15) is 0 Å². The van der Waals surface area contributed by atoms with Gasteiger partial charge in [0.1, 0.15) is 5.60 Å². The SMILES string of the molecule is CC1(CBr)OC(c2ccc(CCl)cc2)=Nc2ccccc21. The fourth-order valence-corrected chi connectivity index (χ4v) is 2.97. The van der Waals surface area contributed by atoms with Crippen LogP contribution in [0.3, 0.4) is 0 Å². The second-order valence-electron chi connectivity index (χ2n) is 5.23. The molecule has 21 heavy (non-hydrogen) atoms. The maximum absolute atomic E-state index is 6.18. The first kappa shape index (κ1) is 14.6. The molecule has 1 heterocycles. The average Bonchev–Trinajstić information content (AvgIpc) is 2.55. The number of nitrogens with zero attached hydrogens (tertiary/aromatic N) is 1. The van der Waals surface area contributed by atoms with Gasteiger partial charge in [0.25, 0.3) is 0 Å². The number of aliphatic imine (C=N–C) groups is 1. The quantitative estimate of drug-likeness (QED) is 0.691. The Kier molecular flexibility index (Phi) is 4.05. The van der Waals surface area contributed by atoms with Crippen molar-refractivity contribution in [1.29, 1.82) is 0 Å². The zero-order valence-corrected chi connectivity index (χ0v) is 14.0. The summed E-state index contributed by atoms with van der Waals surface area (Å²) >= 11 is 9.39. The van der Waals surface area contributed by atoms with Crippen LogP contribution in [0.15, 0.2) is 53.5 Å². The lowest BCUT2D eigenvalue weighted by Gasteiger charge is -2.34. The Balaban J connectivity index is 2.06. The molecule has 3 rings (SSSR count). The molecule has 2 aromatic rings. The van der Waals surface area contributed by atoms with Crippen LogP contribution < -0.4 is 0 Å². The first-order valence-corrected chi connectivity index (χ1v) is 8.40. The first-order chi connectivity index (χ1) is 10.2. The van der Waals surface area contributed by atoms with E-state index in [2.05, 4.69) is 33.9 Å². The van der Waals surface area contributed by atoms with E-state index in [1.54, 1.807) is 0 Å². The van der Waals surface area contributed by atoms with E-state index in [-0.39, 0.29) is 0 Å². The van der Waals surface area contributed by atoms with Crippen molar-refractivity contribution in [3.63, 3.8) is 0 Å². The molecule has 0 saturated carbocycles. The van der Waals surface area contributed by atoms with Gasteiger partial charge in [-0.3, -0.25) is 0 Å². The smallest absolute Gasteiger partial charge is 0.222 e. The van der Waals surface area contributed by atoms with Crippen LogP contribution in [0.4, 0.5) is 5.69 Å². The van der Waals surface area contributed by atoms with Gasteiger partial charge < -0.3 is 4.74 Å². The maximum atomic E-state index is 6.18. The summed E-state index contributed by atoms with van der Waals surface area (Å²) in [6, 6.07) is 16.1. The highest BCUT2D eigenvalue weighted by Gasteiger charge is 2.35. The molecule has 2 nitrogen and oxygen atoms in total. The molecule has 0 aromatic heterocycles. The van der Waals surface area contributed by atoms with Gasteiger partial charge in [0, 0.05) is 22.3 Å². The number of fused-ring (bicyclic) bond motifs is 1. The molecule has 0 radical (unpaired) electrons. The topological polar surface area (TPSA) is 21.6 Å². The van der Waals surface area contributed by atoms with Gasteiger partial charge in [-0.15, -0.1) is 11.6 Å². The van der Waals surface area contributed by atoms with E-state index in [0.29, 0.717) is 17.1 Å². The molecule has 0 fully saturated rings. The van der Waals surface area contributed by atoms with E-state index in [0.717, 1.165) is 22.4 Å². The summed E-state index contributed by atoms with van der Waals surface area (Å²) in [5.41, 5.74) is 3.69. The largest absolute Gasteiger partial charge is 0.465 e. The maximum Gasteiger partial charge on any atom is 0.222 e. The van der Waals surface area contributed by atoms with Gasteiger partial charge in [-0.25, -0.2) is 4.99 Å². The van der Waals surface area contributed by atoms with Crippen LogP contribution in [-0.4, -0.2) is 11.2 Å². The Morgan fingerprint density at radius 1 is 1.14 bits per heavy atom. The van der Waals surface area contributed by atoms with Crippen LogP contribution in [-0.2, 0) is 16.2 Å². The van der Waals surface area contributed by atoms with Crippen LogP contribution in [0, 0.1) is 0 Å². The summed E-state index contributed by atoms with van der Waals surface area (Å²) in [4.78, 5) is 4.66. The molecule has 1 aliphatic rings. The van der Waals surface area contributed by atoms with Crippen molar-refractivity contribution >= 4 is 39.1 Å². The van der Waals surface area contributed by atoms with E-state index in [1.807, 2.05) is 42.5 Å². The molecular weight excluding hydrogens is 350 g/mol. The van der Waals surface area contributed by atoms with Gasteiger partial charge in [0.05, 0.1) is 5.69 Å². The Morgan fingerprint density at radius 3 is 2.52 bits per heavy atom. The van der Waals surface area contributed by atoms with Gasteiger partial charge in [0.15, 0.2) is 0 Å². The first-order valence-electron chi connectivity index (χ1n) is 6.75. The highest BCUT2D eigenvalue weighted by Crippen LogP contribution is 2.39. The molecule has 0 saturated heterocycles. The predicted octanol–water partition coefficient (Wildman–Crippen LogP) is 5.14. The van der Waals surface area contributed by atoms with Crippen molar-refractivity contribution in [1.82, 2.24) is 0 Å². The van der Waals surface area contributed by atoms with Gasteiger partial charge in [-0.1, -0.05) is 46.3 Å². The average molecular weight is 365 g/mol. The summed E-state index contributed by atoms with van der Waals surface area (Å²) in [7, 11) is 0. The third-order valence-corrected chi connectivity index (χ3v) is 5.01. The zero-order chi connectivity index (χ0) is 14.9. The van der Waals surface area contributed by atoms with Crippen LogP contribution in [0.1, 0.15) is 23.6 Å². The summed E-state index contributed by atoms with van der Waals surface area (Å²) < 4.78 is 6.18. The van der Waals surface area contributed by atoms with Gasteiger partial charge in [-0.2, -0.15) is 0 Å². The van der Waals surface area contributed by atoms with E-state index in [4.69, 9.17) is 16.3 Å². The minimum atomic E-state index is -0.418. The molecule has 0 N–H and O–H groups in total. The summed E-state index contributed by atoms with van der Waals surface area (Å²) in [6.07, 6.45) is 0. The molecule has 108 valence electrons. The molecule has 0 amide bonds. The van der Waals surface area contributed by atoms with Crippen LogP contribution in [0.5, 0.6) is 0 Å². The highest BCUT2D eigenvalue weighted by atomic mass is 79.9. The van der Waals surface area contributed by atoms with Gasteiger partial charge in [0.2, 0.25) is 5.90 Å². The van der Waals surface area contributed by atoms with Crippen molar-refractivity contribution in [2.24, 2.45) is 4.99 Å². The van der Waals surface area contributed by atoms with E-state index >= 15 is 0 Å². The molecule has 0 bridgehead atoms. The molecule has 1 atom stereocenters.